The van der Waals surface area contributed by atoms with Crippen LogP contribution in [-0.2, 0) is 17.8 Å². The van der Waals surface area contributed by atoms with Crippen LogP contribution in [0.1, 0.15) is 69.1 Å². The number of aromatic nitrogens is 3. The second kappa shape index (κ2) is 7.90. The Balaban J connectivity index is 1.60. The molecule has 0 spiro atoms. The van der Waals surface area contributed by atoms with Gasteiger partial charge >= 0.3 is 0 Å². The van der Waals surface area contributed by atoms with E-state index in [4.69, 9.17) is 16.3 Å². The van der Waals surface area contributed by atoms with Crippen LogP contribution >= 0.6 is 11.6 Å². The fraction of sp³-hybridized carbons (Fsp3) is 0.619. The topological polar surface area (TPSA) is 43.2 Å². The van der Waals surface area contributed by atoms with Crippen LogP contribution in [-0.4, -0.2) is 38.9 Å². The number of hydrogen-bond donors (Lipinski definition) is 0. The third-order valence-corrected chi connectivity index (χ3v) is 6.16. The number of fused-ring (bicyclic) bond motifs is 3. The molecule has 1 saturated carbocycles. The molecular formula is C21H29ClN4O. The first-order valence-electron chi connectivity index (χ1n) is 10.1. The Kier molecular flexibility index (Phi) is 5.53. The van der Waals surface area contributed by atoms with Crippen molar-refractivity contribution in [2.75, 3.05) is 7.05 Å². The molecule has 1 aliphatic carbocycles. The van der Waals surface area contributed by atoms with E-state index in [1.54, 1.807) is 0 Å². The molecule has 2 aliphatic rings. The standard InChI is InChI=1S/C21H29ClN4O/c1-4-14(2)27-18-8-5-15(6-9-18)21-24-23-20-13-25(3)12-16-11-17(22)7-10-19(16)26(20)21/h7,10-11,14-15,18H,4-6,8-9,12-13H2,1-3H3/t14?,15-,18-. The lowest BCUT2D eigenvalue weighted by molar-refractivity contribution is -0.0251. The van der Waals surface area contributed by atoms with E-state index in [1.165, 1.54) is 11.3 Å². The van der Waals surface area contributed by atoms with Crippen LogP contribution < -0.4 is 0 Å². The summed E-state index contributed by atoms with van der Waals surface area (Å²) in [5.41, 5.74) is 2.41. The number of benzene rings is 1. The van der Waals surface area contributed by atoms with Crippen LogP contribution in [0, 0.1) is 0 Å². The highest BCUT2D eigenvalue weighted by Gasteiger charge is 2.30. The first-order valence-corrected chi connectivity index (χ1v) is 10.5. The fourth-order valence-electron chi connectivity index (χ4n) is 4.33. The van der Waals surface area contributed by atoms with Gasteiger partial charge in [-0.1, -0.05) is 18.5 Å². The highest BCUT2D eigenvalue weighted by Crippen LogP contribution is 2.36. The van der Waals surface area contributed by atoms with Crippen molar-refractivity contribution in [3.63, 3.8) is 0 Å². The van der Waals surface area contributed by atoms with Gasteiger partial charge in [0, 0.05) is 17.5 Å². The third-order valence-electron chi connectivity index (χ3n) is 5.93. The van der Waals surface area contributed by atoms with Crippen molar-refractivity contribution >= 4 is 11.6 Å². The normalized spacial score (nSPS) is 24.1. The number of rotatable bonds is 4. The highest BCUT2D eigenvalue weighted by molar-refractivity contribution is 6.30. The molecule has 1 unspecified atom stereocenters. The lowest BCUT2D eigenvalue weighted by Crippen LogP contribution is -2.25. The van der Waals surface area contributed by atoms with Crippen LogP contribution in [0.4, 0.5) is 0 Å². The summed E-state index contributed by atoms with van der Waals surface area (Å²) in [5.74, 6) is 2.56. The van der Waals surface area contributed by atoms with Gasteiger partial charge in [0.15, 0.2) is 5.82 Å². The molecule has 6 heteroatoms. The van der Waals surface area contributed by atoms with E-state index < -0.39 is 0 Å². The molecule has 2 aromatic rings. The van der Waals surface area contributed by atoms with Gasteiger partial charge in [-0.25, -0.2) is 0 Å². The molecule has 0 N–H and O–H groups in total. The molecule has 5 nitrogen and oxygen atoms in total. The van der Waals surface area contributed by atoms with Gasteiger partial charge in [0.1, 0.15) is 5.82 Å². The van der Waals surface area contributed by atoms with Gasteiger partial charge in [-0.3, -0.25) is 9.47 Å². The summed E-state index contributed by atoms with van der Waals surface area (Å²) in [6, 6.07) is 6.16. The van der Waals surface area contributed by atoms with E-state index in [-0.39, 0.29) is 0 Å². The van der Waals surface area contributed by atoms with Crippen molar-refractivity contribution in [1.29, 1.82) is 0 Å². The molecule has 1 aliphatic heterocycles. The van der Waals surface area contributed by atoms with Crippen LogP contribution in [0.5, 0.6) is 0 Å². The summed E-state index contributed by atoms with van der Waals surface area (Å²) in [6.45, 7) is 6.02. The maximum absolute atomic E-state index is 6.26. The highest BCUT2D eigenvalue weighted by atomic mass is 35.5. The Labute approximate surface area is 166 Å². The zero-order valence-electron chi connectivity index (χ0n) is 16.5. The Morgan fingerprint density at radius 3 is 2.70 bits per heavy atom. The van der Waals surface area contributed by atoms with E-state index in [2.05, 4.69) is 52.7 Å². The summed E-state index contributed by atoms with van der Waals surface area (Å²) in [5, 5.41) is 9.97. The molecular weight excluding hydrogens is 360 g/mol. The minimum Gasteiger partial charge on any atom is -0.375 e. The van der Waals surface area contributed by atoms with Gasteiger partial charge in [-0.15, -0.1) is 10.2 Å². The van der Waals surface area contributed by atoms with Crippen molar-refractivity contribution in [2.45, 2.75) is 77.2 Å². The molecule has 1 aromatic heterocycles. The van der Waals surface area contributed by atoms with Crippen LogP contribution in [0.3, 0.4) is 0 Å². The van der Waals surface area contributed by atoms with Crippen molar-refractivity contribution < 1.29 is 4.74 Å². The molecule has 0 bridgehead atoms. The zero-order chi connectivity index (χ0) is 19.0. The van der Waals surface area contributed by atoms with E-state index in [0.717, 1.165) is 61.9 Å². The largest absolute Gasteiger partial charge is 0.375 e. The minimum atomic E-state index is 0.350. The Bertz CT molecular complexity index is 797. The van der Waals surface area contributed by atoms with Crippen molar-refractivity contribution in [3.8, 4) is 5.69 Å². The average molecular weight is 389 g/mol. The van der Waals surface area contributed by atoms with Crippen LogP contribution in [0.15, 0.2) is 18.2 Å². The van der Waals surface area contributed by atoms with E-state index in [9.17, 15) is 0 Å². The molecule has 1 fully saturated rings. The summed E-state index contributed by atoms with van der Waals surface area (Å²) in [6.07, 6.45) is 6.23. The Hall–Kier alpha value is -1.43. The minimum absolute atomic E-state index is 0.350. The van der Waals surface area contributed by atoms with Crippen molar-refractivity contribution in [2.24, 2.45) is 0 Å². The predicted molar refractivity (Wildman–Crippen MR) is 107 cm³/mol. The quantitative estimate of drug-likeness (QED) is 0.760. The van der Waals surface area contributed by atoms with Gasteiger partial charge in [0.25, 0.3) is 0 Å². The number of nitrogens with zero attached hydrogens (tertiary/aromatic N) is 4. The molecule has 0 amide bonds. The second-order valence-corrected chi connectivity index (χ2v) is 8.52. The number of halogens is 1. The molecule has 1 aromatic carbocycles. The Morgan fingerprint density at radius 1 is 1.19 bits per heavy atom. The predicted octanol–water partition coefficient (Wildman–Crippen LogP) is 4.71. The summed E-state index contributed by atoms with van der Waals surface area (Å²) in [7, 11) is 2.12. The van der Waals surface area contributed by atoms with Gasteiger partial charge in [0.2, 0.25) is 0 Å². The SMILES string of the molecule is CCC(C)O[C@H]1CC[C@H](c2nnc3n2-c2ccc(Cl)cc2CN(C)C3)CC1. The molecule has 1 atom stereocenters. The smallest absolute Gasteiger partial charge is 0.151 e. The van der Waals surface area contributed by atoms with Crippen LogP contribution in [0.2, 0.25) is 5.02 Å². The fourth-order valence-corrected chi connectivity index (χ4v) is 4.52. The lowest BCUT2D eigenvalue weighted by atomic mass is 9.86. The van der Waals surface area contributed by atoms with Gasteiger partial charge < -0.3 is 4.74 Å². The summed E-state index contributed by atoms with van der Waals surface area (Å²) >= 11 is 6.26. The molecule has 146 valence electrons. The number of hydrogen-bond acceptors (Lipinski definition) is 4. The first-order chi connectivity index (χ1) is 13.0. The van der Waals surface area contributed by atoms with E-state index in [1.807, 2.05) is 6.07 Å². The molecule has 0 radical (unpaired) electrons. The van der Waals surface area contributed by atoms with Gasteiger partial charge in [-0.05, 0) is 69.8 Å². The maximum atomic E-state index is 6.26. The van der Waals surface area contributed by atoms with E-state index >= 15 is 0 Å². The lowest BCUT2D eigenvalue weighted by Gasteiger charge is -2.30. The third kappa shape index (κ3) is 3.91. The zero-order valence-corrected chi connectivity index (χ0v) is 17.2. The molecule has 2 heterocycles. The first kappa shape index (κ1) is 18.9. The summed E-state index contributed by atoms with van der Waals surface area (Å²) < 4.78 is 8.45. The molecule has 27 heavy (non-hydrogen) atoms. The molecule has 4 rings (SSSR count). The van der Waals surface area contributed by atoms with Gasteiger partial charge in [-0.2, -0.15) is 0 Å². The van der Waals surface area contributed by atoms with Crippen LogP contribution in [0.25, 0.3) is 5.69 Å². The monoisotopic (exact) mass is 388 g/mol. The molecule has 0 saturated heterocycles. The van der Waals surface area contributed by atoms with Crippen molar-refractivity contribution in [3.05, 3.63) is 40.4 Å². The second-order valence-electron chi connectivity index (χ2n) is 8.08. The number of ether oxygens (including phenoxy) is 1. The Morgan fingerprint density at radius 2 is 1.96 bits per heavy atom. The summed E-state index contributed by atoms with van der Waals surface area (Å²) in [4.78, 5) is 2.27. The average Bonchev–Trinajstić information content (AvgIpc) is 2.99. The maximum Gasteiger partial charge on any atom is 0.151 e. The van der Waals surface area contributed by atoms with Gasteiger partial charge in [0.05, 0.1) is 24.4 Å². The van der Waals surface area contributed by atoms with E-state index in [0.29, 0.717) is 18.1 Å². The van der Waals surface area contributed by atoms with Crippen molar-refractivity contribution in [1.82, 2.24) is 19.7 Å².